The number of nitrogens with one attached hydrogen (secondary N) is 1. The third-order valence-electron chi connectivity index (χ3n) is 3.81. The molecule has 21 heavy (non-hydrogen) atoms. The Bertz CT molecular complexity index is 742. The highest BCUT2D eigenvalue weighted by atomic mass is 16.3. The molecular formula is C15H19N3O3. The Morgan fingerprint density at radius 3 is 2.57 bits per heavy atom. The van der Waals surface area contributed by atoms with Gasteiger partial charge in [0, 0.05) is 12.4 Å². The number of amides is 1. The van der Waals surface area contributed by atoms with Gasteiger partial charge in [0.1, 0.15) is 11.2 Å². The molecule has 0 radical (unpaired) electrons. The van der Waals surface area contributed by atoms with Crippen LogP contribution in [0.2, 0.25) is 0 Å². The Morgan fingerprint density at radius 2 is 1.95 bits per heavy atom. The molecule has 6 nitrogen and oxygen atoms in total. The lowest BCUT2D eigenvalue weighted by atomic mass is 9.86. The third kappa shape index (κ3) is 2.80. The molecule has 112 valence electrons. The summed E-state index contributed by atoms with van der Waals surface area (Å²) < 4.78 is 1.31. The Balaban J connectivity index is 2.42. The molecule has 0 saturated carbocycles. The molecule has 0 bridgehead atoms. The van der Waals surface area contributed by atoms with Gasteiger partial charge in [-0.2, -0.15) is 0 Å². The molecule has 0 aliphatic carbocycles. The number of nitrogens with zero attached hydrogens (tertiary/aromatic N) is 2. The molecule has 6 heteroatoms. The molecule has 2 rings (SSSR count). The van der Waals surface area contributed by atoms with Crippen LogP contribution in [0.3, 0.4) is 0 Å². The highest BCUT2D eigenvalue weighted by molar-refractivity contribution is 5.94. The highest BCUT2D eigenvalue weighted by Gasteiger charge is 2.37. The predicted octanol–water partition coefficient (Wildman–Crippen LogP) is 0.974. The van der Waals surface area contributed by atoms with E-state index in [1.54, 1.807) is 52.1 Å². The molecule has 0 fully saturated rings. The van der Waals surface area contributed by atoms with Gasteiger partial charge in [0.25, 0.3) is 11.5 Å². The fourth-order valence-electron chi connectivity index (χ4n) is 1.69. The maximum atomic E-state index is 12.3. The van der Waals surface area contributed by atoms with Crippen LogP contribution in [0.1, 0.15) is 38.1 Å². The summed E-state index contributed by atoms with van der Waals surface area (Å²) in [6.45, 7) is 6.57. The summed E-state index contributed by atoms with van der Waals surface area (Å²) >= 11 is 0. The van der Waals surface area contributed by atoms with Crippen molar-refractivity contribution < 1.29 is 9.90 Å². The quantitative estimate of drug-likeness (QED) is 0.882. The van der Waals surface area contributed by atoms with E-state index in [0.717, 1.165) is 0 Å². The minimum atomic E-state index is -1.14. The van der Waals surface area contributed by atoms with Gasteiger partial charge in [-0.3, -0.25) is 14.0 Å². The summed E-state index contributed by atoms with van der Waals surface area (Å²) in [6.07, 6.45) is 2.82. The van der Waals surface area contributed by atoms with E-state index in [1.807, 2.05) is 0 Å². The first-order valence-corrected chi connectivity index (χ1v) is 6.65. The molecule has 0 spiro atoms. The van der Waals surface area contributed by atoms with E-state index >= 15 is 0 Å². The van der Waals surface area contributed by atoms with Crippen molar-refractivity contribution in [1.82, 2.24) is 14.7 Å². The van der Waals surface area contributed by atoms with Crippen molar-refractivity contribution in [3.63, 3.8) is 0 Å². The van der Waals surface area contributed by atoms with Gasteiger partial charge in [-0.25, -0.2) is 4.98 Å². The number of carbonyl (C=O) groups is 1. The zero-order valence-electron chi connectivity index (χ0n) is 12.5. The molecule has 0 aliphatic heterocycles. The van der Waals surface area contributed by atoms with Crippen LogP contribution in [0.25, 0.3) is 5.65 Å². The van der Waals surface area contributed by atoms with Crippen LogP contribution in [0, 0.1) is 0 Å². The molecule has 1 amide bonds. The second-order valence-electron chi connectivity index (χ2n) is 6.04. The first-order valence-electron chi connectivity index (χ1n) is 6.65. The molecule has 0 saturated heterocycles. The minimum absolute atomic E-state index is 0.0592. The largest absolute Gasteiger partial charge is 0.388 e. The van der Waals surface area contributed by atoms with Gasteiger partial charge in [-0.1, -0.05) is 6.07 Å². The van der Waals surface area contributed by atoms with Crippen LogP contribution in [0.4, 0.5) is 0 Å². The zero-order valence-corrected chi connectivity index (χ0v) is 12.5. The minimum Gasteiger partial charge on any atom is -0.388 e. The van der Waals surface area contributed by atoms with E-state index in [1.165, 1.54) is 10.6 Å². The number of hydrogen-bond acceptors (Lipinski definition) is 4. The van der Waals surface area contributed by atoms with Crippen molar-refractivity contribution in [2.45, 2.75) is 38.8 Å². The smallest absolute Gasteiger partial charge is 0.270 e. The summed E-state index contributed by atoms with van der Waals surface area (Å²) in [6, 6.07) is 5.14. The predicted molar refractivity (Wildman–Crippen MR) is 79.3 cm³/mol. The van der Waals surface area contributed by atoms with Gasteiger partial charge >= 0.3 is 0 Å². The van der Waals surface area contributed by atoms with E-state index in [0.29, 0.717) is 5.65 Å². The van der Waals surface area contributed by atoms with Gasteiger partial charge < -0.3 is 10.4 Å². The Labute approximate surface area is 122 Å². The molecule has 0 aromatic carbocycles. The summed E-state index contributed by atoms with van der Waals surface area (Å²) in [7, 11) is 0. The molecule has 0 aliphatic rings. The third-order valence-corrected chi connectivity index (χ3v) is 3.81. The van der Waals surface area contributed by atoms with Gasteiger partial charge in [-0.15, -0.1) is 0 Å². The Morgan fingerprint density at radius 1 is 1.29 bits per heavy atom. The zero-order chi connectivity index (χ0) is 15.8. The lowest BCUT2D eigenvalue weighted by Crippen LogP contribution is -2.58. The number of carbonyl (C=O) groups excluding carboxylic acids is 1. The Kier molecular flexibility index (Phi) is 3.59. The first-order chi connectivity index (χ1) is 9.63. The highest BCUT2D eigenvalue weighted by Crippen LogP contribution is 2.20. The fourth-order valence-corrected chi connectivity index (χ4v) is 1.69. The van der Waals surface area contributed by atoms with Crippen LogP contribution in [0.15, 0.2) is 35.4 Å². The van der Waals surface area contributed by atoms with Crippen LogP contribution >= 0.6 is 0 Å². The van der Waals surface area contributed by atoms with Crippen molar-refractivity contribution in [1.29, 1.82) is 0 Å². The first kappa shape index (κ1) is 15.2. The molecule has 2 heterocycles. The maximum absolute atomic E-state index is 12.3. The topological polar surface area (TPSA) is 83.7 Å². The lowest BCUT2D eigenvalue weighted by molar-refractivity contribution is -0.00297. The van der Waals surface area contributed by atoms with E-state index in [4.69, 9.17) is 0 Å². The van der Waals surface area contributed by atoms with Gasteiger partial charge in [0.05, 0.1) is 11.1 Å². The standard InChI is InChI=1S/C15H19N3O3/c1-14(2,15(3,4)21)17-12(19)10-9-16-11-7-5-6-8-18(11)13(10)20/h5-9,21H,1-4H3,(H,17,19). The Hall–Kier alpha value is -2.21. The second kappa shape index (κ2) is 4.96. The molecule has 0 atom stereocenters. The molecule has 2 aromatic heterocycles. The van der Waals surface area contributed by atoms with E-state index in [-0.39, 0.29) is 5.56 Å². The van der Waals surface area contributed by atoms with E-state index in [2.05, 4.69) is 10.3 Å². The average Bonchev–Trinajstić information content (AvgIpc) is 2.37. The fraction of sp³-hybridized carbons (Fsp3) is 0.400. The van der Waals surface area contributed by atoms with E-state index < -0.39 is 22.6 Å². The van der Waals surface area contributed by atoms with Crippen LogP contribution in [-0.2, 0) is 0 Å². The normalized spacial score (nSPS) is 12.4. The lowest BCUT2D eigenvalue weighted by Gasteiger charge is -2.37. The SMILES string of the molecule is CC(C)(O)C(C)(C)NC(=O)c1cnc2ccccn2c1=O. The number of pyridine rings is 1. The number of rotatable bonds is 3. The summed E-state index contributed by atoms with van der Waals surface area (Å²) in [5.41, 5.74) is -2.06. The molecule has 0 unspecified atom stereocenters. The summed E-state index contributed by atoms with van der Waals surface area (Å²) in [5, 5.41) is 12.7. The van der Waals surface area contributed by atoms with Gasteiger partial charge in [0.15, 0.2) is 0 Å². The van der Waals surface area contributed by atoms with Gasteiger partial charge in [-0.05, 0) is 39.8 Å². The van der Waals surface area contributed by atoms with Crippen molar-refractivity contribution in [2.75, 3.05) is 0 Å². The van der Waals surface area contributed by atoms with Crippen molar-refractivity contribution in [2.24, 2.45) is 0 Å². The number of hydrogen-bond donors (Lipinski definition) is 2. The monoisotopic (exact) mass is 289 g/mol. The van der Waals surface area contributed by atoms with Crippen LogP contribution < -0.4 is 10.9 Å². The number of fused-ring (bicyclic) bond motifs is 1. The van der Waals surface area contributed by atoms with Gasteiger partial charge in [0.2, 0.25) is 0 Å². The van der Waals surface area contributed by atoms with Crippen LogP contribution in [-0.4, -0.2) is 31.5 Å². The summed E-state index contributed by atoms with van der Waals surface area (Å²) in [4.78, 5) is 28.7. The van der Waals surface area contributed by atoms with Crippen molar-refractivity contribution in [3.05, 3.63) is 46.5 Å². The number of aliphatic hydroxyl groups is 1. The molecule has 2 N–H and O–H groups in total. The average molecular weight is 289 g/mol. The second-order valence-corrected chi connectivity index (χ2v) is 6.04. The molecule has 2 aromatic rings. The summed E-state index contributed by atoms with van der Waals surface area (Å²) in [5.74, 6) is -0.558. The number of aromatic nitrogens is 2. The maximum Gasteiger partial charge on any atom is 0.270 e. The van der Waals surface area contributed by atoms with Crippen molar-refractivity contribution in [3.8, 4) is 0 Å². The van der Waals surface area contributed by atoms with Crippen molar-refractivity contribution >= 4 is 11.6 Å². The van der Waals surface area contributed by atoms with E-state index in [9.17, 15) is 14.7 Å². The molecular weight excluding hydrogens is 270 g/mol. The van der Waals surface area contributed by atoms with Crippen LogP contribution in [0.5, 0.6) is 0 Å².